The fourth-order valence-electron chi connectivity index (χ4n) is 3.98. The van der Waals surface area contributed by atoms with E-state index in [9.17, 15) is 4.79 Å². The van der Waals surface area contributed by atoms with Gasteiger partial charge in [0.05, 0.1) is 16.7 Å². The van der Waals surface area contributed by atoms with Crippen LogP contribution in [0.1, 0.15) is 57.6 Å². The molecule has 1 aliphatic rings. The molecule has 0 aliphatic heterocycles. The second-order valence-electron chi connectivity index (χ2n) is 7.87. The number of hydrogen-bond donors (Lipinski definition) is 1. The Balaban J connectivity index is 1.30. The molecule has 5 rings (SSSR count). The molecule has 0 saturated heterocycles. The van der Waals surface area contributed by atoms with E-state index in [1.165, 1.54) is 41.5 Å². The van der Waals surface area contributed by atoms with E-state index in [1.54, 1.807) is 30.4 Å². The van der Waals surface area contributed by atoms with E-state index >= 15 is 0 Å². The van der Waals surface area contributed by atoms with Gasteiger partial charge in [0.15, 0.2) is 18.3 Å². The van der Waals surface area contributed by atoms with Crippen molar-refractivity contribution in [2.24, 2.45) is 0 Å². The standard InChI is InChI=1S/C23H23N5O3S2/c1-13-25-19(31-28-13)12-32-16-9-6-5-8-15(16)23(29)30-11-18-26-21(24)20-14-7-3-2-4-10-17(14)33-22(20)27-18/h5-6,8-9H,2-4,7,10-12H2,1H3,(H2,24,26,27). The highest BCUT2D eigenvalue weighted by Gasteiger charge is 2.20. The maximum atomic E-state index is 12.8. The maximum absolute atomic E-state index is 12.8. The molecule has 3 heterocycles. The van der Waals surface area contributed by atoms with Crippen LogP contribution in [0.25, 0.3) is 10.2 Å². The summed E-state index contributed by atoms with van der Waals surface area (Å²) in [4.78, 5) is 29.1. The molecule has 0 saturated carbocycles. The number of rotatable bonds is 6. The van der Waals surface area contributed by atoms with Crippen LogP contribution in [0.2, 0.25) is 0 Å². The molecule has 2 N–H and O–H groups in total. The van der Waals surface area contributed by atoms with E-state index in [0.717, 1.165) is 28.0 Å². The van der Waals surface area contributed by atoms with Crippen molar-refractivity contribution in [3.8, 4) is 0 Å². The number of aromatic nitrogens is 4. The molecule has 0 radical (unpaired) electrons. The molecule has 10 heteroatoms. The zero-order chi connectivity index (χ0) is 22.8. The zero-order valence-electron chi connectivity index (χ0n) is 18.2. The number of esters is 1. The maximum Gasteiger partial charge on any atom is 0.339 e. The second-order valence-corrected chi connectivity index (χ2v) is 9.97. The smallest absolute Gasteiger partial charge is 0.339 e. The van der Waals surface area contributed by atoms with Crippen molar-refractivity contribution < 1.29 is 14.1 Å². The molecule has 1 aromatic carbocycles. The Kier molecular flexibility index (Phi) is 6.28. The molecule has 0 unspecified atom stereocenters. The number of thioether (sulfide) groups is 1. The van der Waals surface area contributed by atoms with Gasteiger partial charge in [-0.15, -0.1) is 23.1 Å². The molecule has 8 nitrogen and oxygen atoms in total. The highest BCUT2D eigenvalue weighted by atomic mass is 32.2. The second kappa shape index (κ2) is 9.48. The molecule has 0 spiro atoms. The van der Waals surface area contributed by atoms with Gasteiger partial charge in [-0.1, -0.05) is 23.7 Å². The summed E-state index contributed by atoms with van der Waals surface area (Å²) in [6.45, 7) is 1.73. The molecule has 0 amide bonds. The number of carbonyl (C=O) groups excluding carboxylic acids is 1. The summed E-state index contributed by atoms with van der Waals surface area (Å²) in [6, 6.07) is 7.27. The monoisotopic (exact) mass is 481 g/mol. The van der Waals surface area contributed by atoms with E-state index in [2.05, 4.69) is 20.1 Å². The summed E-state index contributed by atoms with van der Waals surface area (Å²) in [5.74, 6) is 1.99. The highest BCUT2D eigenvalue weighted by Crippen LogP contribution is 2.37. The Morgan fingerprint density at radius 3 is 2.88 bits per heavy atom. The summed E-state index contributed by atoms with van der Waals surface area (Å²) in [5.41, 5.74) is 8.08. The van der Waals surface area contributed by atoms with Crippen LogP contribution in [-0.2, 0) is 29.9 Å². The van der Waals surface area contributed by atoms with E-state index in [4.69, 9.17) is 15.0 Å². The predicted molar refractivity (Wildman–Crippen MR) is 127 cm³/mol. The fourth-order valence-corrected chi connectivity index (χ4v) is 6.15. The lowest BCUT2D eigenvalue weighted by Crippen LogP contribution is -2.09. The average molecular weight is 482 g/mol. The third-order valence-electron chi connectivity index (χ3n) is 5.50. The van der Waals surface area contributed by atoms with Crippen LogP contribution in [0.15, 0.2) is 33.7 Å². The van der Waals surface area contributed by atoms with E-state index in [-0.39, 0.29) is 6.61 Å². The van der Waals surface area contributed by atoms with Crippen LogP contribution in [0.3, 0.4) is 0 Å². The fraction of sp³-hybridized carbons (Fsp3) is 0.348. The molecule has 1 aliphatic carbocycles. The number of thiophene rings is 1. The number of aryl methyl sites for hydroxylation is 3. The molecule has 3 aromatic heterocycles. The Morgan fingerprint density at radius 1 is 1.18 bits per heavy atom. The van der Waals surface area contributed by atoms with Gasteiger partial charge >= 0.3 is 5.97 Å². The van der Waals surface area contributed by atoms with Gasteiger partial charge in [0.2, 0.25) is 5.89 Å². The van der Waals surface area contributed by atoms with Crippen molar-refractivity contribution in [1.29, 1.82) is 0 Å². The Hall–Kier alpha value is -2.98. The first-order valence-electron chi connectivity index (χ1n) is 10.8. The molecule has 33 heavy (non-hydrogen) atoms. The lowest BCUT2D eigenvalue weighted by molar-refractivity contribution is 0.0458. The van der Waals surface area contributed by atoms with Gasteiger partial charge in [-0.05, 0) is 50.3 Å². The summed E-state index contributed by atoms with van der Waals surface area (Å²) in [7, 11) is 0. The van der Waals surface area contributed by atoms with Gasteiger partial charge in [0, 0.05) is 9.77 Å². The van der Waals surface area contributed by atoms with Crippen LogP contribution in [0.5, 0.6) is 0 Å². The lowest BCUT2D eigenvalue weighted by Gasteiger charge is -2.09. The minimum atomic E-state index is -0.441. The third-order valence-corrected chi connectivity index (χ3v) is 7.74. The molecule has 0 fully saturated rings. The minimum Gasteiger partial charge on any atom is -0.454 e. The van der Waals surface area contributed by atoms with Crippen LogP contribution in [0.4, 0.5) is 5.82 Å². The van der Waals surface area contributed by atoms with Crippen LogP contribution in [-0.4, -0.2) is 26.1 Å². The Bertz CT molecular complexity index is 1320. The molecular formula is C23H23N5O3S2. The Labute approximate surface area is 199 Å². The number of ether oxygens (including phenoxy) is 1. The number of anilines is 1. The van der Waals surface area contributed by atoms with Gasteiger partial charge in [0.1, 0.15) is 10.6 Å². The van der Waals surface area contributed by atoms with Crippen LogP contribution < -0.4 is 5.73 Å². The van der Waals surface area contributed by atoms with E-state index < -0.39 is 5.97 Å². The highest BCUT2D eigenvalue weighted by molar-refractivity contribution is 7.98. The molecular weight excluding hydrogens is 458 g/mol. The van der Waals surface area contributed by atoms with Crippen molar-refractivity contribution in [3.63, 3.8) is 0 Å². The third kappa shape index (κ3) is 4.72. The van der Waals surface area contributed by atoms with Gasteiger partial charge < -0.3 is 15.0 Å². The predicted octanol–water partition coefficient (Wildman–Crippen LogP) is 4.88. The number of benzene rings is 1. The largest absolute Gasteiger partial charge is 0.454 e. The van der Waals surface area contributed by atoms with Gasteiger partial charge in [-0.25, -0.2) is 14.8 Å². The number of nitrogens with zero attached hydrogens (tertiary/aromatic N) is 4. The first-order chi connectivity index (χ1) is 16.1. The van der Waals surface area contributed by atoms with Crippen molar-refractivity contribution in [2.75, 3.05) is 5.73 Å². The SMILES string of the molecule is Cc1noc(CSc2ccccc2C(=O)OCc2nc(N)c3c4c(sc3n2)CCCCC4)n1. The van der Waals surface area contributed by atoms with Gasteiger partial charge in [0.25, 0.3) is 0 Å². The first kappa shape index (κ1) is 21.8. The number of nitrogen functional groups attached to an aromatic ring is 1. The summed E-state index contributed by atoms with van der Waals surface area (Å²) < 4.78 is 10.7. The topological polar surface area (TPSA) is 117 Å². The first-order valence-corrected chi connectivity index (χ1v) is 12.6. The van der Waals surface area contributed by atoms with E-state index in [1.807, 2.05) is 12.1 Å². The molecule has 170 valence electrons. The van der Waals surface area contributed by atoms with Crippen molar-refractivity contribution >= 4 is 45.1 Å². The summed E-state index contributed by atoms with van der Waals surface area (Å²) in [5, 5.41) is 4.77. The molecule has 0 atom stereocenters. The minimum absolute atomic E-state index is 0.0383. The number of carbonyl (C=O) groups is 1. The lowest BCUT2D eigenvalue weighted by atomic mass is 10.1. The van der Waals surface area contributed by atoms with Crippen molar-refractivity contribution in [3.05, 3.63) is 57.8 Å². The van der Waals surface area contributed by atoms with Crippen LogP contribution in [0, 0.1) is 6.92 Å². The van der Waals surface area contributed by atoms with Gasteiger partial charge in [-0.2, -0.15) is 4.98 Å². The quantitative estimate of drug-likeness (QED) is 0.233. The molecule has 4 aromatic rings. The normalized spacial score (nSPS) is 13.6. The zero-order valence-corrected chi connectivity index (χ0v) is 19.8. The Morgan fingerprint density at radius 2 is 2.03 bits per heavy atom. The number of nitrogens with two attached hydrogens (primary N) is 1. The van der Waals surface area contributed by atoms with Crippen molar-refractivity contribution in [2.45, 2.75) is 56.3 Å². The van der Waals surface area contributed by atoms with E-state index in [0.29, 0.717) is 34.7 Å². The number of fused-ring (bicyclic) bond motifs is 3. The summed E-state index contributed by atoms with van der Waals surface area (Å²) in [6.07, 6.45) is 5.70. The van der Waals surface area contributed by atoms with Gasteiger partial charge in [-0.3, -0.25) is 0 Å². The molecule has 0 bridgehead atoms. The number of hydrogen-bond acceptors (Lipinski definition) is 10. The van der Waals surface area contributed by atoms with Crippen LogP contribution >= 0.6 is 23.1 Å². The van der Waals surface area contributed by atoms with Crippen molar-refractivity contribution in [1.82, 2.24) is 20.1 Å². The summed E-state index contributed by atoms with van der Waals surface area (Å²) >= 11 is 3.12. The average Bonchev–Trinajstić information content (AvgIpc) is 3.31.